The van der Waals surface area contributed by atoms with Crippen LogP contribution in [-0.4, -0.2) is 18.4 Å². The van der Waals surface area contributed by atoms with E-state index in [1.165, 1.54) is 0 Å². The van der Waals surface area contributed by atoms with E-state index >= 15 is 0 Å². The van der Waals surface area contributed by atoms with E-state index in [0.717, 1.165) is 22.3 Å². The highest BCUT2D eigenvalue weighted by molar-refractivity contribution is 5.95. The van der Waals surface area contributed by atoms with Crippen molar-refractivity contribution in [2.45, 2.75) is 27.4 Å². The molecule has 4 nitrogen and oxygen atoms in total. The Kier molecular flexibility index (Phi) is 5.52. The third kappa shape index (κ3) is 4.95. The number of hydrogen-bond acceptors (Lipinski definition) is 3. The molecule has 0 aliphatic rings. The molecule has 0 saturated heterocycles. The van der Waals surface area contributed by atoms with Crippen LogP contribution in [0.2, 0.25) is 0 Å². The van der Waals surface area contributed by atoms with E-state index in [1.807, 2.05) is 51.1 Å². The zero-order chi connectivity index (χ0) is 16.8. The fourth-order valence-electron chi connectivity index (χ4n) is 2.12. The number of ether oxygens (including phenoxy) is 1. The van der Waals surface area contributed by atoms with Crippen molar-refractivity contribution in [2.24, 2.45) is 0 Å². The summed E-state index contributed by atoms with van der Waals surface area (Å²) in [4.78, 5) is 23.7. The largest absolute Gasteiger partial charge is 0.459 e. The Balaban J connectivity index is 1.82. The summed E-state index contributed by atoms with van der Waals surface area (Å²) in [7, 11) is 0. The molecule has 0 bridgehead atoms. The molecule has 0 aromatic heterocycles. The van der Waals surface area contributed by atoms with Gasteiger partial charge in [-0.3, -0.25) is 9.59 Å². The van der Waals surface area contributed by atoms with E-state index in [-0.39, 0.29) is 19.1 Å². The van der Waals surface area contributed by atoms with Gasteiger partial charge in [0.2, 0.25) is 0 Å². The first-order chi connectivity index (χ1) is 11.0. The van der Waals surface area contributed by atoms with Crippen molar-refractivity contribution >= 4 is 11.9 Å². The number of esters is 1. The summed E-state index contributed by atoms with van der Waals surface area (Å²) < 4.78 is 5.22. The standard InChI is InChI=1S/C19H21NO3/c1-13-5-8-16(9-6-13)19(22)20-11-18(21)23-12-17-10-14(2)4-7-15(17)3/h4-10H,11-12H2,1-3H3,(H,20,22). The van der Waals surface area contributed by atoms with Crippen LogP contribution < -0.4 is 5.32 Å². The molecule has 2 aromatic carbocycles. The lowest BCUT2D eigenvalue weighted by Gasteiger charge is -2.09. The summed E-state index contributed by atoms with van der Waals surface area (Å²) in [6.45, 7) is 5.99. The fraction of sp³-hybridized carbons (Fsp3) is 0.263. The molecule has 120 valence electrons. The van der Waals surface area contributed by atoms with Gasteiger partial charge in [-0.15, -0.1) is 0 Å². The number of benzene rings is 2. The molecular weight excluding hydrogens is 290 g/mol. The van der Waals surface area contributed by atoms with Gasteiger partial charge in [-0.05, 0) is 44.0 Å². The van der Waals surface area contributed by atoms with Crippen molar-refractivity contribution in [3.8, 4) is 0 Å². The van der Waals surface area contributed by atoms with Gasteiger partial charge in [0, 0.05) is 5.56 Å². The second kappa shape index (κ2) is 7.58. The van der Waals surface area contributed by atoms with Crippen LogP contribution in [0.3, 0.4) is 0 Å². The maximum absolute atomic E-state index is 11.9. The van der Waals surface area contributed by atoms with E-state index in [1.54, 1.807) is 12.1 Å². The monoisotopic (exact) mass is 311 g/mol. The highest BCUT2D eigenvalue weighted by atomic mass is 16.5. The van der Waals surface area contributed by atoms with Gasteiger partial charge < -0.3 is 10.1 Å². The van der Waals surface area contributed by atoms with Gasteiger partial charge in [-0.1, -0.05) is 41.5 Å². The minimum atomic E-state index is -0.452. The minimum absolute atomic E-state index is 0.141. The molecule has 2 rings (SSSR count). The van der Waals surface area contributed by atoms with Crippen LogP contribution in [0.25, 0.3) is 0 Å². The predicted molar refractivity (Wildman–Crippen MR) is 89.2 cm³/mol. The molecule has 2 aromatic rings. The van der Waals surface area contributed by atoms with E-state index in [0.29, 0.717) is 5.56 Å². The van der Waals surface area contributed by atoms with Crippen LogP contribution in [0.5, 0.6) is 0 Å². The Morgan fingerprint density at radius 2 is 1.61 bits per heavy atom. The normalized spacial score (nSPS) is 10.2. The van der Waals surface area contributed by atoms with Crippen molar-refractivity contribution in [1.29, 1.82) is 0 Å². The molecule has 0 unspecified atom stereocenters. The van der Waals surface area contributed by atoms with Crippen LogP contribution in [0, 0.1) is 20.8 Å². The molecule has 0 saturated carbocycles. The molecule has 0 aliphatic heterocycles. The van der Waals surface area contributed by atoms with Gasteiger partial charge in [0.25, 0.3) is 5.91 Å². The molecular formula is C19H21NO3. The lowest BCUT2D eigenvalue weighted by molar-refractivity contribution is -0.143. The van der Waals surface area contributed by atoms with Crippen molar-refractivity contribution in [2.75, 3.05) is 6.54 Å². The van der Waals surface area contributed by atoms with Crippen LogP contribution in [0.1, 0.15) is 32.6 Å². The topological polar surface area (TPSA) is 55.4 Å². The maximum atomic E-state index is 11.9. The molecule has 1 amide bonds. The number of hydrogen-bond donors (Lipinski definition) is 1. The molecule has 1 N–H and O–H groups in total. The maximum Gasteiger partial charge on any atom is 0.325 e. The van der Waals surface area contributed by atoms with Crippen molar-refractivity contribution in [1.82, 2.24) is 5.32 Å². The lowest BCUT2D eigenvalue weighted by Crippen LogP contribution is -2.30. The summed E-state index contributed by atoms with van der Waals surface area (Å²) in [5.74, 6) is -0.736. The summed E-state index contributed by atoms with van der Waals surface area (Å²) in [6.07, 6.45) is 0. The van der Waals surface area contributed by atoms with E-state index in [2.05, 4.69) is 5.32 Å². The average Bonchev–Trinajstić information content (AvgIpc) is 2.54. The number of carbonyl (C=O) groups is 2. The SMILES string of the molecule is Cc1ccc(C(=O)NCC(=O)OCc2cc(C)ccc2C)cc1. The third-order valence-corrected chi connectivity index (χ3v) is 3.60. The lowest BCUT2D eigenvalue weighted by atomic mass is 10.1. The molecule has 0 atom stereocenters. The highest BCUT2D eigenvalue weighted by Crippen LogP contribution is 2.11. The molecule has 0 aliphatic carbocycles. The number of amides is 1. The molecule has 0 heterocycles. The van der Waals surface area contributed by atoms with Gasteiger partial charge in [0.05, 0.1) is 0 Å². The fourth-order valence-corrected chi connectivity index (χ4v) is 2.12. The Labute approximate surface area is 136 Å². The second-order valence-corrected chi connectivity index (χ2v) is 5.64. The van der Waals surface area contributed by atoms with E-state index < -0.39 is 5.97 Å². The van der Waals surface area contributed by atoms with Crippen molar-refractivity contribution in [3.05, 3.63) is 70.3 Å². The first kappa shape index (κ1) is 16.7. The second-order valence-electron chi connectivity index (χ2n) is 5.64. The smallest absolute Gasteiger partial charge is 0.325 e. The van der Waals surface area contributed by atoms with Crippen LogP contribution in [-0.2, 0) is 16.1 Å². The number of aryl methyl sites for hydroxylation is 3. The summed E-state index contributed by atoms with van der Waals surface area (Å²) in [6, 6.07) is 13.2. The average molecular weight is 311 g/mol. The molecule has 0 radical (unpaired) electrons. The number of nitrogens with one attached hydrogen (secondary N) is 1. The highest BCUT2D eigenvalue weighted by Gasteiger charge is 2.09. The molecule has 0 spiro atoms. The Bertz CT molecular complexity index is 705. The van der Waals surface area contributed by atoms with Gasteiger partial charge in [0.15, 0.2) is 0 Å². The van der Waals surface area contributed by atoms with Crippen LogP contribution >= 0.6 is 0 Å². The van der Waals surface area contributed by atoms with Gasteiger partial charge in [-0.25, -0.2) is 0 Å². The Hall–Kier alpha value is -2.62. The van der Waals surface area contributed by atoms with Gasteiger partial charge >= 0.3 is 5.97 Å². The summed E-state index contributed by atoms with van der Waals surface area (Å²) in [5, 5.41) is 2.57. The first-order valence-electron chi connectivity index (χ1n) is 7.52. The zero-order valence-electron chi connectivity index (χ0n) is 13.7. The van der Waals surface area contributed by atoms with Crippen molar-refractivity contribution in [3.63, 3.8) is 0 Å². The first-order valence-corrected chi connectivity index (χ1v) is 7.52. The predicted octanol–water partition coefficient (Wildman–Crippen LogP) is 3.09. The van der Waals surface area contributed by atoms with Gasteiger partial charge in [-0.2, -0.15) is 0 Å². The van der Waals surface area contributed by atoms with E-state index in [4.69, 9.17) is 4.74 Å². The summed E-state index contributed by atoms with van der Waals surface area (Å²) >= 11 is 0. The Morgan fingerprint density at radius 3 is 2.30 bits per heavy atom. The Morgan fingerprint density at radius 1 is 0.957 bits per heavy atom. The molecule has 0 fully saturated rings. The van der Waals surface area contributed by atoms with Gasteiger partial charge in [0.1, 0.15) is 13.2 Å². The van der Waals surface area contributed by atoms with Crippen LogP contribution in [0.4, 0.5) is 0 Å². The number of rotatable bonds is 5. The minimum Gasteiger partial charge on any atom is -0.459 e. The van der Waals surface area contributed by atoms with E-state index in [9.17, 15) is 9.59 Å². The zero-order valence-corrected chi connectivity index (χ0v) is 13.7. The number of carbonyl (C=O) groups excluding carboxylic acids is 2. The molecule has 4 heteroatoms. The molecule has 23 heavy (non-hydrogen) atoms. The third-order valence-electron chi connectivity index (χ3n) is 3.60. The summed E-state index contributed by atoms with van der Waals surface area (Å²) in [5.41, 5.74) is 4.78. The van der Waals surface area contributed by atoms with Crippen molar-refractivity contribution < 1.29 is 14.3 Å². The van der Waals surface area contributed by atoms with Crippen LogP contribution in [0.15, 0.2) is 42.5 Å². The quantitative estimate of drug-likeness (QED) is 0.863.